The Kier molecular flexibility index (Phi) is 7.16. The van der Waals surface area contributed by atoms with Gasteiger partial charge in [0, 0.05) is 17.1 Å². The third-order valence-corrected chi connectivity index (χ3v) is 6.17. The van der Waals surface area contributed by atoms with Crippen LogP contribution < -0.4 is 16.0 Å². The van der Waals surface area contributed by atoms with Gasteiger partial charge in [-0.3, -0.25) is 9.59 Å². The predicted octanol–water partition coefficient (Wildman–Crippen LogP) is 4.99. The van der Waals surface area contributed by atoms with Gasteiger partial charge in [0.05, 0.1) is 40.2 Å². The van der Waals surface area contributed by atoms with Crippen LogP contribution in [0.5, 0.6) is 0 Å². The molecule has 0 aliphatic carbocycles. The van der Waals surface area contributed by atoms with E-state index in [2.05, 4.69) is 22.0 Å². The van der Waals surface area contributed by atoms with E-state index >= 15 is 0 Å². The molecule has 0 fully saturated rings. The number of nitrogens with zero attached hydrogens (tertiary/aromatic N) is 1. The number of nitrogens with one attached hydrogen (secondary N) is 3. The smallest absolute Gasteiger partial charge is 0.254 e. The number of thioether (sulfide) groups is 1. The fraction of sp³-hybridized carbons (Fsp3) is 0.115. The van der Waals surface area contributed by atoms with E-state index in [1.165, 1.54) is 18.0 Å². The molecular weight excluding hydrogens is 448 g/mol. The van der Waals surface area contributed by atoms with Crippen LogP contribution in [0, 0.1) is 11.3 Å². The van der Waals surface area contributed by atoms with Crippen molar-refractivity contribution in [1.82, 2.24) is 5.32 Å². The highest BCUT2D eigenvalue weighted by Crippen LogP contribution is 2.41. The maximum atomic E-state index is 13.3. The summed E-state index contributed by atoms with van der Waals surface area (Å²) in [6.45, 7) is 1.77. The summed E-state index contributed by atoms with van der Waals surface area (Å²) < 4.78 is 5.62. The number of hydrogen-bond donors (Lipinski definition) is 3. The maximum Gasteiger partial charge on any atom is 0.254 e. The number of hydrogen-bond acceptors (Lipinski definition) is 6. The molecule has 0 spiro atoms. The molecule has 34 heavy (non-hydrogen) atoms. The summed E-state index contributed by atoms with van der Waals surface area (Å²) in [4.78, 5) is 25.7. The molecule has 0 saturated heterocycles. The summed E-state index contributed by atoms with van der Waals surface area (Å²) in [5.41, 5.74) is 2.62. The van der Waals surface area contributed by atoms with Gasteiger partial charge in [0.15, 0.2) is 0 Å². The van der Waals surface area contributed by atoms with Gasteiger partial charge in [0.25, 0.3) is 5.91 Å². The highest BCUT2D eigenvalue weighted by Gasteiger charge is 2.36. The van der Waals surface area contributed by atoms with Crippen LogP contribution in [-0.4, -0.2) is 17.6 Å². The number of benzene rings is 2. The van der Waals surface area contributed by atoms with E-state index in [4.69, 9.17) is 4.42 Å². The number of furan rings is 1. The largest absolute Gasteiger partial charge is 0.468 e. The lowest BCUT2D eigenvalue weighted by Gasteiger charge is -2.28. The van der Waals surface area contributed by atoms with E-state index in [1.54, 1.807) is 43.3 Å². The lowest BCUT2D eigenvalue weighted by Crippen LogP contribution is -2.31. The molecule has 1 atom stereocenters. The van der Waals surface area contributed by atoms with Gasteiger partial charge in [-0.2, -0.15) is 5.26 Å². The van der Waals surface area contributed by atoms with E-state index in [9.17, 15) is 14.9 Å². The topological polar surface area (TPSA) is 107 Å². The first kappa shape index (κ1) is 23.0. The van der Waals surface area contributed by atoms with Crippen molar-refractivity contribution in [3.63, 3.8) is 0 Å². The third kappa shape index (κ3) is 5.22. The molecule has 8 heteroatoms. The van der Waals surface area contributed by atoms with Crippen molar-refractivity contribution >= 4 is 35.0 Å². The number of dihydropyridines is 1. The summed E-state index contributed by atoms with van der Waals surface area (Å²) in [5.74, 6) is -0.679. The van der Waals surface area contributed by atoms with Crippen molar-refractivity contribution in [3.05, 3.63) is 107 Å². The van der Waals surface area contributed by atoms with Crippen molar-refractivity contribution in [3.8, 4) is 6.07 Å². The number of anilines is 2. The van der Waals surface area contributed by atoms with Crippen LogP contribution in [0.4, 0.5) is 11.4 Å². The Morgan fingerprint density at radius 3 is 2.24 bits per heavy atom. The van der Waals surface area contributed by atoms with Gasteiger partial charge in [0.1, 0.15) is 5.76 Å². The molecule has 0 radical (unpaired) electrons. The first-order chi connectivity index (χ1) is 16.6. The minimum atomic E-state index is -0.704. The van der Waals surface area contributed by atoms with E-state index in [-0.39, 0.29) is 17.6 Å². The zero-order chi connectivity index (χ0) is 23.9. The van der Waals surface area contributed by atoms with E-state index in [0.717, 1.165) is 0 Å². The van der Waals surface area contributed by atoms with Crippen LogP contribution in [0.25, 0.3) is 0 Å². The van der Waals surface area contributed by atoms with Crippen molar-refractivity contribution in [1.29, 1.82) is 5.26 Å². The molecule has 0 saturated carbocycles. The molecule has 2 heterocycles. The Labute approximate surface area is 201 Å². The number of allylic oxidation sites excluding steroid dienone is 2. The Hall–Kier alpha value is -4.22. The fourth-order valence-electron chi connectivity index (χ4n) is 3.64. The molecule has 1 aliphatic heterocycles. The fourth-order valence-corrected chi connectivity index (χ4v) is 4.54. The number of rotatable bonds is 7. The Bertz CT molecular complexity index is 1280. The molecule has 2 aromatic carbocycles. The molecule has 7 nitrogen and oxygen atoms in total. The highest BCUT2D eigenvalue weighted by atomic mass is 32.2. The quantitative estimate of drug-likeness (QED) is 0.449. The van der Waals surface area contributed by atoms with E-state index < -0.39 is 5.92 Å². The lowest BCUT2D eigenvalue weighted by molar-refractivity contribution is -0.114. The Morgan fingerprint density at radius 1 is 1.00 bits per heavy atom. The maximum absolute atomic E-state index is 13.3. The van der Waals surface area contributed by atoms with E-state index in [1.807, 2.05) is 36.4 Å². The lowest BCUT2D eigenvalue weighted by atomic mass is 9.85. The van der Waals surface area contributed by atoms with Gasteiger partial charge < -0.3 is 20.4 Å². The number of carbonyl (C=O) groups is 2. The molecule has 2 amide bonds. The molecule has 0 bridgehead atoms. The number of carbonyl (C=O) groups excluding carboxylic acids is 2. The normalized spacial score (nSPS) is 15.4. The van der Waals surface area contributed by atoms with Crippen molar-refractivity contribution in [2.75, 3.05) is 16.4 Å². The van der Waals surface area contributed by atoms with E-state index in [0.29, 0.717) is 39.0 Å². The van der Waals surface area contributed by atoms with Crippen molar-refractivity contribution in [2.45, 2.75) is 12.8 Å². The second-order valence-electron chi connectivity index (χ2n) is 7.49. The summed E-state index contributed by atoms with van der Waals surface area (Å²) in [6, 6.07) is 23.9. The average Bonchev–Trinajstić information content (AvgIpc) is 3.38. The summed E-state index contributed by atoms with van der Waals surface area (Å²) in [7, 11) is 0. The van der Waals surface area contributed by atoms with Crippen molar-refractivity contribution in [2.24, 2.45) is 0 Å². The van der Waals surface area contributed by atoms with Gasteiger partial charge in [-0.15, -0.1) is 0 Å². The number of nitriles is 1. The molecule has 3 aromatic rings. The van der Waals surface area contributed by atoms with Crippen LogP contribution in [0.15, 0.2) is 105 Å². The second kappa shape index (κ2) is 10.6. The predicted molar refractivity (Wildman–Crippen MR) is 133 cm³/mol. The molecule has 4 rings (SSSR count). The van der Waals surface area contributed by atoms with Crippen molar-refractivity contribution < 1.29 is 14.0 Å². The summed E-state index contributed by atoms with van der Waals surface area (Å²) in [5, 5.41) is 19.4. The van der Waals surface area contributed by atoms with Crippen LogP contribution in [0.3, 0.4) is 0 Å². The first-order valence-corrected chi connectivity index (χ1v) is 11.5. The molecule has 170 valence electrons. The molecular formula is C26H22N4O3S. The first-order valence-electron chi connectivity index (χ1n) is 10.6. The number of para-hydroxylation sites is 2. The van der Waals surface area contributed by atoms with Crippen LogP contribution >= 0.6 is 11.8 Å². The van der Waals surface area contributed by atoms with Gasteiger partial charge in [-0.1, -0.05) is 48.2 Å². The van der Waals surface area contributed by atoms with Gasteiger partial charge >= 0.3 is 0 Å². The van der Waals surface area contributed by atoms with Crippen LogP contribution in [-0.2, 0) is 9.59 Å². The monoisotopic (exact) mass is 470 g/mol. The van der Waals surface area contributed by atoms with Crippen LogP contribution in [0.2, 0.25) is 0 Å². The minimum absolute atomic E-state index is 0.0894. The third-order valence-electron chi connectivity index (χ3n) is 5.16. The average molecular weight is 471 g/mol. The highest BCUT2D eigenvalue weighted by molar-refractivity contribution is 8.03. The molecule has 1 aromatic heterocycles. The number of amides is 2. The SMILES string of the molecule is CC1=C(C(=O)Nc2ccccc2)[C@H](c2ccco2)C(C#N)=C(SCC(=O)Nc2ccccc2)N1. The Balaban J connectivity index is 1.59. The molecule has 3 N–H and O–H groups in total. The second-order valence-corrected chi connectivity index (χ2v) is 8.48. The molecule has 0 unspecified atom stereocenters. The summed E-state index contributed by atoms with van der Waals surface area (Å²) in [6.07, 6.45) is 1.51. The van der Waals surface area contributed by atoms with Gasteiger partial charge in [-0.25, -0.2) is 0 Å². The molecule has 1 aliphatic rings. The zero-order valence-corrected chi connectivity index (χ0v) is 19.2. The minimum Gasteiger partial charge on any atom is -0.468 e. The standard InChI is InChI=1S/C26H22N4O3S/c1-17-23(25(32)30-19-11-6-3-7-12-19)24(21-13-8-14-33-21)20(15-27)26(28-17)34-16-22(31)29-18-9-4-2-5-10-18/h2-14,24,28H,16H2,1H3,(H,29,31)(H,30,32)/t24-/m0/s1. The Morgan fingerprint density at radius 2 is 1.65 bits per heavy atom. The zero-order valence-electron chi connectivity index (χ0n) is 18.4. The van der Waals surface area contributed by atoms with Crippen LogP contribution in [0.1, 0.15) is 18.6 Å². The van der Waals surface area contributed by atoms with Gasteiger partial charge in [0.2, 0.25) is 5.91 Å². The van der Waals surface area contributed by atoms with Gasteiger partial charge in [-0.05, 0) is 43.3 Å². The summed E-state index contributed by atoms with van der Waals surface area (Å²) >= 11 is 1.21.